The van der Waals surface area contributed by atoms with E-state index in [0.717, 1.165) is 31.6 Å². The number of piperazine rings is 1. The molecule has 2 saturated heterocycles. The predicted octanol–water partition coefficient (Wildman–Crippen LogP) is 2.96. The van der Waals surface area contributed by atoms with E-state index in [9.17, 15) is 9.59 Å². The van der Waals surface area contributed by atoms with E-state index in [-0.39, 0.29) is 17.9 Å². The average Bonchev–Trinajstić information content (AvgIpc) is 3.21. The largest absolute Gasteiger partial charge is 0.481 e. The number of benzene rings is 1. The van der Waals surface area contributed by atoms with Crippen molar-refractivity contribution in [1.29, 1.82) is 0 Å². The molecule has 0 bridgehead atoms. The maximum atomic E-state index is 13.3. The second kappa shape index (κ2) is 8.44. The van der Waals surface area contributed by atoms with Crippen LogP contribution in [-0.4, -0.2) is 65.4 Å². The third-order valence-corrected chi connectivity index (χ3v) is 6.14. The zero-order valence-electron chi connectivity index (χ0n) is 17.7. The van der Waals surface area contributed by atoms with Crippen molar-refractivity contribution >= 4 is 17.5 Å². The minimum atomic E-state index is -0.272. The van der Waals surface area contributed by atoms with E-state index in [4.69, 9.17) is 4.74 Å². The Kier molecular flexibility index (Phi) is 5.72. The minimum absolute atomic E-state index is 0.0238. The molecule has 2 atom stereocenters. The maximum absolute atomic E-state index is 13.3. The summed E-state index contributed by atoms with van der Waals surface area (Å²) < 4.78 is 5.03. The molecule has 0 aliphatic carbocycles. The summed E-state index contributed by atoms with van der Waals surface area (Å²) in [5.74, 6) is 0.202. The molecule has 7 nitrogen and oxygen atoms in total. The molecule has 2 amide bonds. The van der Waals surface area contributed by atoms with Gasteiger partial charge in [-0.3, -0.25) is 14.5 Å². The highest BCUT2D eigenvalue weighted by Crippen LogP contribution is 2.27. The highest BCUT2D eigenvalue weighted by Gasteiger charge is 2.36. The quantitative estimate of drug-likeness (QED) is 0.842. The van der Waals surface area contributed by atoms with Crippen LogP contribution in [0.1, 0.15) is 46.0 Å². The second-order valence-corrected chi connectivity index (χ2v) is 8.17. The summed E-state index contributed by atoms with van der Waals surface area (Å²) in [4.78, 5) is 34.4. The molecule has 0 saturated carbocycles. The van der Waals surface area contributed by atoms with Crippen molar-refractivity contribution in [3.8, 4) is 5.88 Å². The Bertz CT molecular complexity index is 944. The molecule has 0 spiro atoms. The Labute approximate surface area is 177 Å². The number of aromatic nitrogens is 1. The van der Waals surface area contributed by atoms with Crippen LogP contribution in [0.5, 0.6) is 5.88 Å². The first-order valence-corrected chi connectivity index (χ1v) is 10.4. The molecule has 2 aliphatic heterocycles. The molecule has 2 fully saturated rings. The number of nitrogens with zero attached hydrogens (tertiary/aromatic N) is 3. The highest BCUT2D eigenvalue weighted by atomic mass is 16.5. The van der Waals surface area contributed by atoms with Crippen molar-refractivity contribution in [1.82, 2.24) is 14.8 Å². The van der Waals surface area contributed by atoms with Crippen molar-refractivity contribution in [2.24, 2.45) is 0 Å². The molecule has 0 radical (unpaired) electrons. The number of carbonyl (C=O) groups excluding carboxylic acids is 2. The average molecular weight is 409 g/mol. The van der Waals surface area contributed by atoms with Gasteiger partial charge >= 0.3 is 0 Å². The van der Waals surface area contributed by atoms with E-state index >= 15 is 0 Å². The van der Waals surface area contributed by atoms with Crippen LogP contribution < -0.4 is 10.1 Å². The van der Waals surface area contributed by atoms with Gasteiger partial charge in [-0.05, 0) is 57.0 Å². The number of fused-ring (bicyclic) bond motifs is 1. The van der Waals surface area contributed by atoms with Crippen molar-refractivity contribution in [2.45, 2.75) is 38.8 Å². The van der Waals surface area contributed by atoms with Gasteiger partial charge in [0.25, 0.3) is 11.8 Å². The zero-order valence-corrected chi connectivity index (χ0v) is 17.7. The van der Waals surface area contributed by atoms with Crippen LogP contribution in [0.2, 0.25) is 0 Å². The zero-order chi connectivity index (χ0) is 21.3. The van der Waals surface area contributed by atoms with Crippen molar-refractivity contribution in [3.63, 3.8) is 0 Å². The number of methoxy groups -OCH3 is 1. The highest BCUT2D eigenvalue weighted by molar-refractivity contribution is 6.05. The number of pyridine rings is 1. The maximum Gasteiger partial charge on any atom is 0.257 e. The van der Waals surface area contributed by atoms with Gasteiger partial charge in [0.05, 0.1) is 12.7 Å². The van der Waals surface area contributed by atoms with E-state index in [1.54, 1.807) is 18.2 Å². The molecule has 30 heavy (non-hydrogen) atoms. The molecule has 7 heteroatoms. The van der Waals surface area contributed by atoms with Crippen LogP contribution in [0, 0.1) is 6.92 Å². The smallest absolute Gasteiger partial charge is 0.257 e. The van der Waals surface area contributed by atoms with E-state index in [2.05, 4.69) is 22.1 Å². The SMILES string of the molecule is COc1ccc(C(=O)Nc2cc(C(=O)N3C[C@@H]4CCCN4C[C@H]3C)ccc2C)cn1. The lowest BCUT2D eigenvalue weighted by Gasteiger charge is -2.42. The van der Waals surface area contributed by atoms with Crippen LogP contribution in [0.25, 0.3) is 0 Å². The van der Waals surface area contributed by atoms with Crippen LogP contribution in [0.15, 0.2) is 36.5 Å². The summed E-state index contributed by atoms with van der Waals surface area (Å²) in [5.41, 5.74) is 2.56. The standard InChI is InChI=1S/C23H28N4O3/c1-15-6-7-17(23(29)27-14-19-5-4-10-26(19)13-16(27)2)11-20(15)25-22(28)18-8-9-21(30-3)24-12-18/h6-9,11-12,16,19H,4-5,10,13-14H2,1-3H3,(H,25,28)/t16-,19+/m1/s1. The summed E-state index contributed by atoms with van der Waals surface area (Å²) in [5, 5.41) is 2.91. The van der Waals surface area contributed by atoms with Gasteiger partial charge in [0.1, 0.15) is 0 Å². The summed E-state index contributed by atoms with van der Waals surface area (Å²) in [6.45, 7) is 6.86. The Morgan fingerprint density at radius 2 is 1.97 bits per heavy atom. The number of anilines is 1. The van der Waals surface area contributed by atoms with Crippen molar-refractivity contribution in [3.05, 3.63) is 53.2 Å². The third kappa shape index (κ3) is 4.03. The number of hydrogen-bond acceptors (Lipinski definition) is 5. The van der Waals surface area contributed by atoms with E-state index < -0.39 is 0 Å². The van der Waals surface area contributed by atoms with E-state index in [0.29, 0.717) is 28.7 Å². The lowest BCUT2D eigenvalue weighted by Crippen LogP contribution is -2.56. The van der Waals surface area contributed by atoms with Gasteiger partial charge < -0.3 is 15.0 Å². The fraction of sp³-hybridized carbons (Fsp3) is 0.435. The molecular formula is C23H28N4O3. The molecule has 4 rings (SSSR count). The van der Waals surface area contributed by atoms with Crippen LogP contribution in [0.4, 0.5) is 5.69 Å². The number of amides is 2. The van der Waals surface area contributed by atoms with Gasteiger partial charge in [-0.2, -0.15) is 0 Å². The van der Waals surface area contributed by atoms with Gasteiger partial charge in [-0.1, -0.05) is 6.07 Å². The topological polar surface area (TPSA) is 74.8 Å². The fourth-order valence-corrected chi connectivity index (χ4v) is 4.36. The van der Waals surface area contributed by atoms with Gasteiger partial charge in [-0.15, -0.1) is 0 Å². The molecule has 2 aromatic rings. The summed E-state index contributed by atoms with van der Waals surface area (Å²) in [7, 11) is 1.53. The van der Waals surface area contributed by atoms with Gasteiger partial charge in [0, 0.05) is 48.7 Å². The molecule has 0 unspecified atom stereocenters. The first-order valence-electron chi connectivity index (χ1n) is 10.4. The fourth-order valence-electron chi connectivity index (χ4n) is 4.36. The third-order valence-electron chi connectivity index (χ3n) is 6.14. The Hall–Kier alpha value is -2.93. The Morgan fingerprint density at radius 3 is 2.70 bits per heavy atom. The number of ether oxygens (including phenoxy) is 1. The molecule has 2 aliphatic rings. The molecular weight excluding hydrogens is 380 g/mol. The first-order chi connectivity index (χ1) is 14.5. The molecule has 3 heterocycles. The molecule has 1 N–H and O–H groups in total. The lowest BCUT2D eigenvalue weighted by atomic mass is 10.0. The second-order valence-electron chi connectivity index (χ2n) is 8.17. The van der Waals surface area contributed by atoms with Crippen LogP contribution in [0.3, 0.4) is 0 Å². The lowest BCUT2D eigenvalue weighted by molar-refractivity contribution is 0.0395. The number of rotatable bonds is 4. The van der Waals surface area contributed by atoms with Crippen molar-refractivity contribution < 1.29 is 14.3 Å². The van der Waals surface area contributed by atoms with E-state index in [1.165, 1.54) is 19.7 Å². The minimum Gasteiger partial charge on any atom is -0.481 e. The molecule has 1 aromatic heterocycles. The number of nitrogens with one attached hydrogen (secondary N) is 1. The molecule has 158 valence electrons. The van der Waals surface area contributed by atoms with Gasteiger partial charge in [-0.25, -0.2) is 4.98 Å². The monoisotopic (exact) mass is 408 g/mol. The van der Waals surface area contributed by atoms with Crippen LogP contribution >= 0.6 is 0 Å². The number of carbonyl (C=O) groups is 2. The Morgan fingerprint density at radius 1 is 1.17 bits per heavy atom. The van der Waals surface area contributed by atoms with E-state index in [1.807, 2.05) is 24.0 Å². The van der Waals surface area contributed by atoms with Crippen molar-refractivity contribution in [2.75, 3.05) is 32.1 Å². The van der Waals surface area contributed by atoms with Gasteiger partial charge in [0.2, 0.25) is 5.88 Å². The molecule has 1 aromatic carbocycles. The summed E-state index contributed by atoms with van der Waals surface area (Å²) >= 11 is 0. The Balaban J connectivity index is 1.50. The summed E-state index contributed by atoms with van der Waals surface area (Å²) in [6, 6.07) is 9.45. The van der Waals surface area contributed by atoms with Crippen LogP contribution in [-0.2, 0) is 0 Å². The first kappa shape index (κ1) is 20.3. The van der Waals surface area contributed by atoms with Gasteiger partial charge in [0.15, 0.2) is 0 Å². The summed E-state index contributed by atoms with van der Waals surface area (Å²) in [6.07, 6.45) is 3.84. The number of aryl methyl sites for hydroxylation is 1. The predicted molar refractivity (Wildman–Crippen MR) is 115 cm³/mol. The normalized spacial score (nSPS) is 21.2. The number of hydrogen-bond donors (Lipinski definition) is 1.